The van der Waals surface area contributed by atoms with Crippen LogP contribution < -0.4 is 20.5 Å². The van der Waals surface area contributed by atoms with Crippen LogP contribution >= 0.6 is 0 Å². The van der Waals surface area contributed by atoms with Crippen molar-refractivity contribution in [3.8, 4) is 22.8 Å². The molecule has 10 nitrogen and oxygen atoms in total. The number of methoxy groups -OCH3 is 1. The van der Waals surface area contributed by atoms with Crippen LogP contribution in [0.25, 0.3) is 22.2 Å². The number of ether oxygens (including phenoxy) is 2. The molecule has 0 bridgehead atoms. The molecule has 0 saturated heterocycles. The van der Waals surface area contributed by atoms with Gasteiger partial charge in [-0.25, -0.2) is 18.2 Å². The van der Waals surface area contributed by atoms with Crippen molar-refractivity contribution in [2.24, 2.45) is 5.73 Å². The lowest BCUT2D eigenvalue weighted by Crippen LogP contribution is -2.51. The van der Waals surface area contributed by atoms with Crippen LogP contribution in [0.1, 0.15) is 47.4 Å². The number of benzene rings is 2. The molecule has 46 heavy (non-hydrogen) atoms. The fraction of sp³-hybridized carbons (Fsp3) is 0.333. The Labute approximate surface area is 257 Å². The van der Waals surface area contributed by atoms with Crippen molar-refractivity contribution in [3.63, 3.8) is 0 Å². The summed E-state index contributed by atoms with van der Waals surface area (Å²) >= 11 is 0. The minimum absolute atomic E-state index is 0.108. The van der Waals surface area contributed by atoms with Crippen LogP contribution in [-0.2, 0) is 16.8 Å². The van der Waals surface area contributed by atoms with Crippen molar-refractivity contribution in [1.82, 2.24) is 20.1 Å². The monoisotopic (exact) mass is 651 g/mol. The number of hydrogen-bond acceptors (Lipinski definition) is 7. The standard InChI is InChI=1S/C30H27F6N5O5/c1-3-46-27-14(9-24(37)42)8-23(39-26(27)18-10-20(32)21(33)11-19(18)31)29(44,30(34,35)36)13-38-28(43)15-6-16-12-41(17-4-5-17)40-25(16)22(7-15)45-2/h6-8,10-12,17,44H,3-5,9,13H2,1-2H3,(H2,37,42)(H,38,43)/t29-/m0/s1. The van der Waals surface area contributed by atoms with E-state index < -0.39 is 76.7 Å². The molecular formula is C30H27F6N5O5. The molecule has 1 saturated carbocycles. The largest absolute Gasteiger partial charge is 0.494 e. The normalized spacial score (nSPS) is 14.6. The molecule has 0 radical (unpaired) electrons. The number of aromatic nitrogens is 3. The predicted octanol–water partition coefficient (Wildman–Crippen LogP) is 4.47. The number of primary amides is 1. The Bertz CT molecular complexity index is 1840. The molecular weight excluding hydrogens is 624 g/mol. The van der Waals surface area contributed by atoms with Crippen LogP contribution in [0.4, 0.5) is 26.3 Å². The zero-order valence-corrected chi connectivity index (χ0v) is 24.3. The first-order valence-electron chi connectivity index (χ1n) is 13.9. The highest BCUT2D eigenvalue weighted by Gasteiger charge is 2.57. The van der Waals surface area contributed by atoms with Crippen molar-refractivity contribution in [3.05, 3.63) is 70.8 Å². The Morgan fingerprint density at radius 1 is 1.09 bits per heavy atom. The average Bonchev–Trinajstić information content (AvgIpc) is 3.75. The number of alkyl halides is 3. The summed E-state index contributed by atoms with van der Waals surface area (Å²) in [6.07, 6.45) is -2.77. The van der Waals surface area contributed by atoms with Gasteiger partial charge in [0.2, 0.25) is 11.5 Å². The number of carbonyl (C=O) groups is 2. The highest BCUT2D eigenvalue weighted by molar-refractivity contribution is 6.00. The second kappa shape index (κ2) is 12.2. The van der Waals surface area contributed by atoms with Gasteiger partial charge in [-0.1, -0.05) is 0 Å². The van der Waals surface area contributed by atoms with Crippen molar-refractivity contribution in [1.29, 1.82) is 0 Å². The maximum atomic E-state index is 14.9. The number of pyridine rings is 1. The number of halogens is 6. The summed E-state index contributed by atoms with van der Waals surface area (Å²) in [5.41, 5.74) is -1.50. The van der Waals surface area contributed by atoms with Crippen LogP contribution in [-0.4, -0.2) is 58.1 Å². The Hall–Kier alpha value is -4.86. The number of amides is 2. The van der Waals surface area contributed by atoms with Gasteiger partial charge in [-0.3, -0.25) is 14.3 Å². The molecule has 0 unspecified atom stereocenters. The van der Waals surface area contributed by atoms with Gasteiger partial charge in [-0.15, -0.1) is 0 Å². The van der Waals surface area contributed by atoms with Crippen LogP contribution in [0, 0.1) is 17.5 Å². The van der Waals surface area contributed by atoms with E-state index in [1.54, 1.807) is 10.9 Å². The van der Waals surface area contributed by atoms with Gasteiger partial charge in [0.15, 0.2) is 11.6 Å². The molecule has 244 valence electrons. The minimum Gasteiger partial charge on any atom is -0.494 e. The maximum Gasteiger partial charge on any atom is 0.424 e. The van der Waals surface area contributed by atoms with Crippen molar-refractivity contribution < 1.29 is 50.5 Å². The van der Waals surface area contributed by atoms with Gasteiger partial charge in [-0.2, -0.15) is 18.3 Å². The van der Waals surface area contributed by atoms with E-state index in [1.165, 1.54) is 26.2 Å². The molecule has 1 atom stereocenters. The summed E-state index contributed by atoms with van der Waals surface area (Å²) in [4.78, 5) is 28.8. The number of aliphatic hydroxyl groups is 1. The first kappa shape index (κ1) is 32.5. The molecule has 2 heterocycles. The number of carbonyl (C=O) groups excluding carboxylic acids is 2. The number of fused-ring (bicyclic) bond motifs is 1. The van der Waals surface area contributed by atoms with E-state index in [-0.39, 0.29) is 35.6 Å². The van der Waals surface area contributed by atoms with Crippen LogP contribution in [0.15, 0.2) is 36.5 Å². The second-order valence-electron chi connectivity index (χ2n) is 10.7. The molecule has 1 fully saturated rings. The third-order valence-corrected chi connectivity index (χ3v) is 7.36. The van der Waals surface area contributed by atoms with E-state index in [9.17, 15) is 41.0 Å². The van der Waals surface area contributed by atoms with Gasteiger partial charge in [0.05, 0.1) is 38.4 Å². The predicted molar refractivity (Wildman–Crippen MR) is 150 cm³/mol. The number of hydrogen-bond donors (Lipinski definition) is 3. The summed E-state index contributed by atoms with van der Waals surface area (Å²) in [6.45, 7) is -0.218. The Balaban J connectivity index is 1.58. The highest BCUT2D eigenvalue weighted by Crippen LogP contribution is 2.43. The number of nitrogens with zero attached hydrogens (tertiary/aromatic N) is 3. The molecule has 4 aromatic rings. The van der Waals surface area contributed by atoms with Crippen molar-refractivity contribution in [2.75, 3.05) is 20.3 Å². The van der Waals surface area contributed by atoms with E-state index >= 15 is 0 Å². The Morgan fingerprint density at radius 2 is 1.78 bits per heavy atom. The summed E-state index contributed by atoms with van der Waals surface area (Å²) < 4.78 is 99.2. The van der Waals surface area contributed by atoms with Crippen molar-refractivity contribution >= 4 is 22.7 Å². The van der Waals surface area contributed by atoms with Crippen LogP contribution in [0.5, 0.6) is 11.5 Å². The van der Waals surface area contributed by atoms with E-state index in [0.717, 1.165) is 12.8 Å². The molecule has 5 rings (SSSR count). The first-order valence-corrected chi connectivity index (χ1v) is 13.9. The van der Waals surface area contributed by atoms with Crippen molar-refractivity contribution in [2.45, 2.75) is 44.0 Å². The summed E-state index contributed by atoms with van der Waals surface area (Å²) in [7, 11) is 1.34. The van der Waals surface area contributed by atoms with E-state index in [0.29, 0.717) is 23.0 Å². The number of rotatable bonds is 11. The minimum atomic E-state index is -5.53. The molecule has 16 heteroatoms. The SMILES string of the molecule is CCOc1c(CC(N)=O)cc([C@@](O)(CNC(=O)c2cc(OC)c3nn(C4CC4)cc3c2)C(F)(F)F)nc1-c1cc(F)c(F)cc1F. The zero-order chi connectivity index (χ0) is 33.6. The summed E-state index contributed by atoms with van der Waals surface area (Å²) in [6, 6.07) is 4.03. The molecule has 2 amide bonds. The van der Waals surface area contributed by atoms with Gasteiger partial charge in [0.25, 0.3) is 5.91 Å². The van der Waals surface area contributed by atoms with Gasteiger partial charge in [0, 0.05) is 34.3 Å². The number of nitrogens with two attached hydrogens (primary N) is 1. The molecule has 0 aliphatic heterocycles. The fourth-order valence-corrected chi connectivity index (χ4v) is 4.89. The van der Waals surface area contributed by atoms with Crippen LogP contribution in [0.3, 0.4) is 0 Å². The lowest BCUT2D eigenvalue weighted by atomic mass is 9.93. The second-order valence-corrected chi connectivity index (χ2v) is 10.7. The summed E-state index contributed by atoms with van der Waals surface area (Å²) in [5, 5.41) is 18.1. The summed E-state index contributed by atoms with van der Waals surface area (Å²) in [5.74, 6) is -6.91. The third kappa shape index (κ3) is 6.16. The quantitative estimate of drug-likeness (QED) is 0.161. The van der Waals surface area contributed by atoms with Gasteiger partial charge in [0.1, 0.15) is 28.5 Å². The Morgan fingerprint density at radius 3 is 2.39 bits per heavy atom. The fourth-order valence-electron chi connectivity index (χ4n) is 4.89. The van der Waals surface area contributed by atoms with E-state index in [1.807, 2.05) is 0 Å². The van der Waals surface area contributed by atoms with E-state index in [4.69, 9.17) is 15.2 Å². The molecule has 2 aromatic carbocycles. The molecule has 1 aliphatic rings. The molecule has 0 spiro atoms. The Kier molecular flexibility index (Phi) is 8.59. The topological polar surface area (TPSA) is 142 Å². The number of nitrogens with one attached hydrogen (secondary N) is 1. The lowest BCUT2D eigenvalue weighted by Gasteiger charge is -2.31. The first-order chi connectivity index (χ1) is 21.7. The van der Waals surface area contributed by atoms with Gasteiger partial charge < -0.3 is 25.6 Å². The van der Waals surface area contributed by atoms with E-state index in [2.05, 4.69) is 15.4 Å². The lowest BCUT2D eigenvalue weighted by molar-refractivity contribution is -0.265. The molecule has 4 N–H and O–H groups in total. The molecule has 1 aliphatic carbocycles. The smallest absolute Gasteiger partial charge is 0.424 e. The molecule has 2 aromatic heterocycles. The van der Waals surface area contributed by atoms with Gasteiger partial charge in [-0.05, 0) is 44.0 Å². The zero-order valence-electron chi connectivity index (χ0n) is 24.3. The van der Waals surface area contributed by atoms with Crippen LogP contribution in [0.2, 0.25) is 0 Å². The highest BCUT2D eigenvalue weighted by atomic mass is 19.4. The van der Waals surface area contributed by atoms with Gasteiger partial charge >= 0.3 is 6.18 Å². The third-order valence-electron chi connectivity index (χ3n) is 7.36. The average molecular weight is 652 g/mol. The maximum absolute atomic E-state index is 14.9.